The van der Waals surface area contributed by atoms with Crippen LogP contribution in [0.5, 0.6) is 5.75 Å². The summed E-state index contributed by atoms with van der Waals surface area (Å²) in [6.07, 6.45) is 0.794. The van der Waals surface area contributed by atoms with E-state index in [0.717, 1.165) is 49.5 Å². The zero-order chi connectivity index (χ0) is 19.9. The fraction of sp³-hybridized carbons (Fsp3) is 0.526. The highest BCUT2D eigenvalue weighted by Gasteiger charge is 2.22. The van der Waals surface area contributed by atoms with Crippen LogP contribution >= 0.6 is 11.5 Å². The summed E-state index contributed by atoms with van der Waals surface area (Å²) in [6.45, 7) is 8.17. The first-order valence-corrected chi connectivity index (χ1v) is 10.3. The second kappa shape index (κ2) is 9.68. The molecule has 1 atom stereocenters. The van der Waals surface area contributed by atoms with E-state index in [1.165, 1.54) is 23.7 Å². The minimum Gasteiger partial charge on any atom is -0.489 e. The maximum atomic E-state index is 13.0. The predicted octanol–water partition coefficient (Wildman–Crippen LogP) is 2.40. The number of benzene rings is 1. The Morgan fingerprint density at radius 2 is 2.00 bits per heavy atom. The van der Waals surface area contributed by atoms with Crippen LogP contribution in [0.1, 0.15) is 19.7 Å². The van der Waals surface area contributed by atoms with E-state index in [1.807, 2.05) is 6.92 Å². The van der Waals surface area contributed by atoms with Gasteiger partial charge in [-0.15, -0.1) is 0 Å². The maximum Gasteiger partial charge on any atom is 0.205 e. The lowest BCUT2D eigenvalue weighted by molar-refractivity contribution is 0.221. The average molecular weight is 407 g/mol. The minimum atomic E-state index is -0.267. The van der Waals surface area contributed by atoms with Crippen molar-refractivity contribution in [2.75, 3.05) is 44.7 Å². The summed E-state index contributed by atoms with van der Waals surface area (Å²) in [6, 6.07) is 6.07. The Bertz CT molecular complexity index is 773. The minimum absolute atomic E-state index is 0.0719. The molecule has 0 saturated carbocycles. The van der Waals surface area contributed by atoms with Crippen molar-refractivity contribution in [3.05, 3.63) is 35.9 Å². The molecule has 9 heteroatoms. The topological polar surface area (TPSA) is 65.9 Å². The summed E-state index contributed by atoms with van der Waals surface area (Å²) in [7, 11) is 1.79. The number of nitrogens with one attached hydrogen (secondary N) is 1. The smallest absolute Gasteiger partial charge is 0.205 e. The van der Waals surface area contributed by atoms with E-state index in [9.17, 15) is 4.39 Å². The lowest BCUT2D eigenvalue weighted by Crippen LogP contribution is -2.53. The molecule has 0 amide bonds. The number of ether oxygens (including phenoxy) is 1. The molecule has 0 aliphatic carbocycles. The van der Waals surface area contributed by atoms with E-state index in [1.54, 1.807) is 19.2 Å². The van der Waals surface area contributed by atoms with Gasteiger partial charge in [0, 0.05) is 51.2 Å². The normalized spacial score (nSPS) is 16.2. The molecule has 1 fully saturated rings. The number of hydrogen-bond acceptors (Lipinski definition) is 6. The third-order valence-corrected chi connectivity index (χ3v) is 5.35. The standard InChI is InChI=1S/C19H27FN6OS/c1-4-17-23-19(28-24-17)26-11-9-25(10-12-26)18(21-3)22-13-14(2)27-16-7-5-15(20)6-8-16/h5-8,14H,4,9-13H2,1-3H3,(H,21,22). The van der Waals surface area contributed by atoms with Crippen molar-refractivity contribution in [3.63, 3.8) is 0 Å². The van der Waals surface area contributed by atoms with Crippen molar-refractivity contribution in [3.8, 4) is 5.75 Å². The molecule has 1 aliphatic rings. The number of piperazine rings is 1. The molecule has 0 radical (unpaired) electrons. The van der Waals surface area contributed by atoms with Gasteiger partial charge in [0.2, 0.25) is 5.13 Å². The van der Waals surface area contributed by atoms with Crippen molar-refractivity contribution in [2.45, 2.75) is 26.4 Å². The summed E-state index contributed by atoms with van der Waals surface area (Å²) in [5.41, 5.74) is 0. The highest BCUT2D eigenvalue weighted by atomic mass is 32.1. The Morgan fingerprint density at radius 1 is 1.29 bits per heavy atom. The van der Waals surface area contributed by atoms with Crippen molar-refractivity contribution >= 4 is 22.6 Å². The number of hydrogen-bond donors (Lipinski definition) is 1. The molecule has 1 aliphatic heterocycles. The van der Waals surface area contributed by atoms with Gasteiger partial charge < -0.3 is 19.9 Å². The van der Waals surface area contributed by atoms with E-state index in [2.05, 4.69) is 36.4 Å². The number of rotatable bonds is 6. The number of anilines is 1. The van der Waals surface area contributed by atoms with Crippen LogP contribution in [0, 0.1) is 5.82 Å². The highest BCUT2D eigenvalue weighted by molar-refractivity contribution is 7.09. The third-order valence-electron chi connectivity index (χ3n) is 4.53. The monoisotopic (exact) mass is 406 g/mol. The first-order valence-electron chi connectivity index (χ1n) is 9.54. The average Bonchev–Trinajstić information content (AvgIpc) is 3.20. The third kappa shape index (κ3) is 5.31. The number of nitrogens with zero attached hydrogens (tertiary/aromatic N) is 5. The van der Waals surface area contributed by atoms with Crippen molar-refractivity contribution in [2.24, 2.45) is 4.99 Å². The molecule has 1 N–H and O–H groups in total. The molecule has 152 valence electrons. The van der Waals surface area contributed by atoms with E-state index < -0.39 is 0 Å². The Hall–Kier alpha value is -2.42. The van der Waals surface area contributed by atoms with E-state index >= 15 is 0 Å². The van der Waals surface area contributed by atoms with Crippen molar-refractivity contribution < 1.29 is 9.13 Å². The summed E-state index contributed by atoms with van der Waals surface area (Å²) in [5, 5.41) is 4.37. The van der Waals surface area contributed by atoms with E-state index in [0.29, 0.717) is 12.3 Å². The zero-order valence-electron chi connectivity index (χ0n) is 16.6. The quantitative estimate of drug-likeness (QED) is 0.587. The first kappa shape index (κ1) is 20.3. The fourth-order valence-corrected chi connectivity index (χ4v) is 3.78. The number of aliphatic imine (C=N–C) groups is 1. The van der Waals surface area contributed by atoms with Gasteiger partial charge in [0.1, 0.15) is 23.5 Å². The van der Waals surface area contributed by atoms with Gasteiger partial charge in [0.05, 0.1) is 6.54 Å². The SMILES string of the molecule is CCc1nsc(N2CCN(C(=NC)NCC(C)Oc3ccc(F)cc3)CC2)n1. The summed E-state index contributed by atoms with van der Waals surface area (Å²) in [4.78, 5) is 13.5. The van der Waals surface area contributed by atoms with Crippen molar-refractivity contribution in [1.29, 1.82) is 0 Å². The Morgan fingerprint density at radius 3 is 2.61 bits per heavy atom. The number of guanidine groups is 1. The molecule has 1 saturated heterocycles. The van der Waals surface area contributed by atoms with Gasteiger partial charge in [-0.2, -0.15) is 4.37 Å². The highest BCUT2D eigenvalue weighted by Crippen LogP contribution is 2.19. The molecule has 1 aromatic heterocycles. The maximum absolute atomic E-state index is 13.0. The van der Waals surface area contributed by atoms with Crippen LogP contribution in [0.3, 0.4) is 0 Å². The van der Waals surface area contributed by atoms with Gasteiger partial charge in [-0.1, -0.05) is 6.92 Å². The summed E-state index contributed by atoms with van der Waals surface area (Å²) >= 11 is 1.47. The zero-order valence-corrected chi connectivity index (χ0v) is 17.4. The first-order chi connectivity index (χ1) is 13.6. The van der Waals surface area contributed by atoms with Crippen LogP contribution in [0.4, 0.5) is 9.52 Å². The summed E-state index contributed by atoms with van der Waals surface area (Å²) in [5.74, 6) is 2.16. The van der Waals surface area contributed by atoms with Gasteiger partial charge in [-0.05, 0) is 31.2 Å². The molecular weight excluding hydrogens is 379 g/mol. The van der Waals surface area contributed by atoms with Gasteiger partial charge >= 0.3 is 0 Å². The molecule has 28 heavy (non-hydrogen) atoms. The van der Waals surface area contributed by atoms with Crippen LogP contribution < -0.4 is 15.0 Å². The Labute approximate surface area is 169 Å². The second-order valence-electron chi connectivity index (χ2n) is 6.63. The van der Waals surface area contributed by atoms with Gasteiger partial charge in [-0.3, -0.25) is 4.99 Å². The molecule has 1 aromatic carbocycles. The van der Waals surface area contributed by atoms with Crippen LogP contribution in [-0.2, 0) is 6.42 Å². The second-order valence-corrected chi connectivity index (χ2v) is 7.36. The molecular formula is C19H27FN6OS. The van der Waals surface area contributed by atoms with Gasteiger partial charge in [-0.25, -0.2) is 9.37 Å². The molecule has 7 nitrogen and oxygen atoms in total. The molecule has 0 bridgehead atoms. The Balaban J connectivity index is 1.45. The number of halogens is 1. The molecule has 3 rings (SSSR count). The fourth-order valence-electron chi connectivity index (χ4n) is 2.98. The van der Waals surface area contributed by atoms with Gasteiger partial charge in [0.25, 0.3) is 0 Å². The van der Waals surface area contributed by atoms with Crippen LogP contribution in [0.2, 0.25) is 0 Å². The predicted molar refractivity (Wildman–Crippen MR) is 111 cm³/mol. The van der Waals surface area contributed by atoms with E-state index in [4.69, 9.17) is 4.74 Å². The van der Waals surface area contributed by atoms with Crippen LogP contribution in [0.15, 0.2) is 29.3 Å². The number of aryl methyl sites for hydroxylation is 1. The Kier molecular flexibility index (Phi) is 7.02. The van der Waals surface area contributed by atoms with Crippen LogP contribution in [0.25, 0.3) is 0 Å². The lowest BCUT2D eigenvalue weighted by atomic mass is 10.3. The van der Waals surface area contributed by atoms with Gasteiger partial charge in [0.15, 0.2) is 5.96 Å². The molecule has 0 spiro atoms. The van der Waals surface area contributed by atoms with Crippen LogP contribution in [-0.4, -0.2) is 66.1 Å². The molecule has 2 aromatic rings. The lowest BCUT2D eigenvalue weighted by Gasteiger charge is -2.36. The molecule has 2 heterocycles. The van der Waals surface area contributed by atoms with E-state index in [-0.39, 0.29) is 11.9 Å². The largest absolute Gasteiger partial charge is 0.489 e. The summed E-state index contributed by atoms with van der Waals surface area (Å²) < 4.78 is 23.2. The van der Waals surface area contributed by atoms with Crippen molar-refractivity contribution in [1.82, 2.24) is 19.6 Å². The molecule has 1 unspecified atom stereocenters. The number of aromatic nitrogens is 2.